The molecule has 0 aliphatic carbocycles. The number of amides is 1. The van der Waals surface area contributed by atoms with Crippen LogP contribution in [0.1, 0.15) is 33.4 Å². The van der Waals surface area contributed by atoms with Gasteiger partial charge in [-0.25, -0.2) is 9.07 Å². The normalized spacial score (nSPS) is 15.4. The zero-order valence-electron chi connectivity index (χ0n) is 16.6. The number of methoxy groups -OCH3 is 2. The van der Waals surface area contributed by atoms with E-state index in [0.29, 0.717) is 30.3 Å². The summed E-state index contributed by atoms with van der Waals surface area (Å²) in [5, 5.41) is 11.0. The van der Waals surface area contributed by atoms with Gasteiger partial charge in [-0.05, 0) is 35.4 Å². The Hall–Kier alpha value is -3.46. The summed E-state index contributed by atoms with van der Waals surface area (Å²) in [6, 6.07) is 11.6. The lowest BCUT2D eigenvalue weighted by Gasteiger charge is -2.24. The van der Waals surface area contributed by atoms with Crippen molar-refractivity contribution in [3.63, 3.8) is 0 Å². The fourth-order valence-corrected chi connectivity index (χ4v) is 3.32. The lowest BCUT2D eigenvalue weighted by atomic mass is 10.1. The topological polar surface area (TPSA) is 87.5 Å². The van der Waals surface area contributed by atoms with Crippen LogP contribution in [0.25, 0.3) is 0 Å². The molecule has 1 atom stereocenters. The van der Waals surface area contributed by atoms with Crippen LogP contribution in [0.15, 0.2) is 42.5 Å². The summed E-state index contributed by atoms with van der Waals surface area (Å²) in [4.78, 5) is 12.6. The Morgan fingerprint density at radius 2 is 1.97 bits per heavy atom. The molecule has 0 bridgehead atoms. The van der Waals surface area contributed by atoms with E-state index in [9.17, 15) is 9.18 Å². The third kappa shape index (κ3) is 3.97. The van der Waals surface area contributed by atoms with Gasteiger partial charge in [-0.15, -0.1) is 5.10 Å². The second-order valence-corrected chi connectivity index (χ2v) is 6.79. The van der Waals surface area contributed by atoms with Gasteiger partial charge in [0.15, 0.2) is 17.2 Å². The molecule has 0 spiro atoms. The Labute approximate surface area is 172 Å². The highest BCUT2D eigenvalue weighted by Crippen LogP contribution is 2.28. The van der Waals surface area contributed by atoms with Gasteiger partial charge in [-0.1, -0.05) is 23.4 Å². The summed E-state index contributed by atoms with van der Waals surface area (Å²) in [6.45, 7) is 0.885. The number of carbonyl (C=O) groups is 1. The van der Waals surface area contributed by atoms with Crippen molar-refractivity contribution in [2.45, 2.75) is 25.8 Å². The van der Waals surface area contributed by atoms with Crippen LogP contribution >= 0.6 is 0 Å². The van der Waals surface area contributed by atoms with Crippen molar-refractivity contribution in [1.82, 2.24) is 20.3 Å². The van der Waals surface area contributed by atoms with E-state index >= 15 is 0 Å². The fourth-order valence-electron chi connectivity index (χ4n) is 3.32. The number of halogens is 1. The summed E-state index contributed by atoms with van der Waals surface area (Å²) < 4.78 is 31.2. The monoisotopic (exact) mass is 412 g/mol. The van der Waals surface area contributed by atoms with E-state index in [2.05, 4.69) is 15.6 Å². The van der Waals surface area contributed by atoms with Crippen LogP contribution < -0.4 is 14.8 Å². The molecule has 1 amide bonds. The van der Waals surface area contributed by atoms with Crippen LogP contribution in [0.4, 0.5) is 4.39 Å². The molecule has 0 radical (unpaired) electrons. The summed E-state index contributed by atoms with van der Waals surface area (Å²) in [6.07, 6.45) is -0.275. The molecule has 8 nitrogen and oxygen atoms in total. The molecule has 1 aromatic heterocycles. The second kappa shape index (κ2) is 8.50. The first-order valence-electron chi connectivity index (χ1n) is 9.37. The molecule has 156 valence electrons. The van der Waals surface area contributed by atoms with Crippen molar-refractivity contribution in [3.8, 4) is 11.5 Å². The van der Waals surface area contributed by atoms with Gasteiger partial charge in [-0.2, -0.15) is 0 Å². The first-order chi connectivity index (χ1) is 14.6. The Morgan fingerprint density at radius 1 is 1.20 bits per heavy atom. The zero-order valence-corrected chi connectivity index (χ0v) is 16.6. The van der Waals surface area contributed by atoms with Crippen LogP contribution in [0.3, 0.4) is 0 Å². The van der Waals surface area contributed by atoms with Crippen LogP contribution in [-0.4, -0.2) is 35.1 Å². The van der Waals surface area contributed by atoms with Gasteiger partial charge < -0.3 is 19.5 Å². The largest absolute Gasteiger partial charge is 0.493 e. The molecule has 4 rings (SSSR count). The Bertz CT molecular complexity index is 1050. The van der Waals surface area contributed by atoms with Crippen LogP contribution in [0, 0.1) is 5.82 Å². The van der Waals surface area contributed by atoms with Crippen LogP contribution in [0.5, 0.6) is 11.5 Å². The van der Waals surface area contributed by atoms with Crippen molar-refractivity contribution in [2.24, 2.45) is 0 Å². The Kier molecular flexibility index (Phi) is 5.62. The first-order valence-corrected chi connectivity index (χ1v) is 9.37. The third-order valence-electron chi connectivity index (χ3n) is 4.96. The molecule has 3 aromatic rings. The lowest BCUT2D eigenvalue weighted by molar-refractivity contribution is -0.00180. The maximum Gasteiger partial charge on any atom is 0.274 e. The van der Waals surface area contributed by atoms with E-state index in [1.54, 1.807) is 43.2 Å². The lowest BCUT2D eigenvalue weighted by Crippen LogP contribution is -2.27. The molecule has 2 heterocycles. The smallest absolute Gasteiger partial charge is 0.274 e. The highest BCUT2D eigenvalue weighted by molar-refractivity contribution is 5.93. The standard InChI is InChI=1S/C21H21FN4O4/c1-28-17-8-3-13(9-18(17)29-2)10-23-21(27)20-16-12-30-19(11-26(16)25-24-20)14-4-6-15(22)7-5-14/h3-9,19H,10-12H2,1-2H3,(H,23,27). The van der Waals surface area contributed by atoms with Crippen LogP contribution in [0.2, 0.25) is 0 Å². The number of hydrogen-bond donors (Lipinski definition) is 1. The maximum absolute atomic E-state index is 13.1. The molecule has 2 aromatic carbocycles. The maximum atomic E-state index is 13.1. The second-order valence-electron chi connectivity index (χ2n) is 6.79. The minimum Gasteiger partial charge on any atom is -0.493 e. The number of carbonyl (C=O) groups excluding carboxylic acids is 1. The molecule has 1 aliphatic heterocycles. The average molecular weight is 412 g/mol. The molecule has 1 N–H and O–H groups in total. The van der Waals surface area contributed by atoms with E-state index in [0.717, 1.165) is 11.1 Å². The van der Waals surface area contributed by atoms with E-state index in [-0.39, 0.29) is 30.1 Å². The van der Waals surface area contributed by atoms with Gasteiger partial charge in [0.1, 0.15) is 11.9 Å². The van der Waals surface area contributed by atoms with E-state index in [1.807, 2.05) is 6.07 Å². The zero-order chi connectivity index (χ0) is 21.1. The van der Waals surface area contributed by atoms with Crippen molar-refractivity contribution >= 4 is 5.91 Å². The van der Waals surface area contributed by atoms with Crippen molar-refractivity contribution in [2.75, 3.05) is 14.2 Å². The quantitative estimate of drug-likeness (QED) is 0.670. The fraction of sp³-hybridized carbons (Fsp3) is 0.286. The van der Waals surface area contributed by atoms with Gasteiger partial charge in [0.2, 0.25) is 0 Å². The highest BCUT2D eigenvalue weighted by Gasteiger charge is 2.27. The summed E-state index contributed by atoms with van der Waals surface area (Å²) in [5.74, 6) is 0.567. The summed E-state index contributed by atoms with van der Waals surface area (Å²) in [7, 11) is 3.12. The van der Waals surface area contributed by atoms with Crippen molar-refractivity contribution in [1.29, 1.82) is 0 Å². The molecular weight excluding hydrogens is 391 g/mol. The number of aromatic nitrogens is 3. The summed E-state index contributed by atoms with van der Waals surface area (Å²) in [5.41, 5.74) is 2.54. The molecule has 1 unspecified atom stereocenters. The third-order valence-corrected chi connectivity index (χ3v) is 4.96. The Balaban J connectivity index is 1.42. The number of nitrogens with zero attached hydrogens (tertiary/aromatic N) is 3. The minimum absolute atomic E-state index is 0.189. The molecular formula is C21H21FN4O4. The Morgan fingerprint density at radius 3 is 2.70 bits per heavy atom. The van der Waals surface area contributed by atoms with E-state index < -0.39 is 0 Å². The number of rotatable bonds is 6. The number of ether oxygens (including phenoxy) is 3. The van der Waals surface area contributed by atoms with Gasteiger partial charge in [0, 0.05) is 6.54 Å². The van der Waals surface area contributed by atoms with Crippen molar-refractivity contribution in [3.05, 3.63) is 70.8 Å². The SMILES string of the molecule is COc1ccc(CNC(=O)c2nnn3c2COC(c2ccc(F)cc2)C3)cc1OC. The predicted molar refractivity (Wildman–Crippen MR) is 105 cm³/mol. The van der Waals surface area contributed by atoms with Gasteiger partial charge >= 0.3 is 0 Å². The molecule has 1 aliphatic rings. The molecule has 0 saturated carbocycles. The number of fused-ring (bicyclic) bond motifs is 1. The van der Waals surface area contributed by atoms with Gasteiger partial charge in [0.25, 0.3) is 5.91 Å². The van der Waals surface area contributed by atoms with Crippen molar-refractivity contribution < 1.29 is 23.4 Å². The van der Waals surface area contributed by atoms with Gasteiger partial charge in [0.05, 0.1) is 33.1 Å². The van der Waals surface area contributed by atoms with Gasteiger partial charge in [-0.3, -0.25) is 4.79 Å². The molecule has 0 saturated heterocycles. The average Bonchev–Trinajstić information content (AvgIpc) is 3.21. The minimum atomic E-state index is -0.338. The summed E-state index contributed by atoms with van der Waals surface area (Å²) >= 11 is 0. The predicted octanol–water partition coefficient (Wildman–Crippen LogP) is 2.64. The van der Waals surface area contributed by atoms with E-state index in [1.165, 1.54) is 12.1 Å². The highest BCUT2D eigenvalue weighted by atomic mass is 19.1. The van der Waals surface area contributed by atoms with Crippen LogP contribution in [-0.2, 0) is 24.4 Å². The number of benzene rings is 2. The molecule has 30 heavy (non-hydrogen) atoms. The number of hydrogen-bond acceptors (Lipinski definition) is 6. The molecule has 9 heteroatoms. The number of nitrogens with one attached hydrogen (secondary N) is 1. The molecule has 0 fully saturated rings. The first kappa shape index (κ1) is 19.8. The van der Waals surface area contributed by atoms with E-state index in [4.69, 9.17) is 14.2 Å².